The number of guanidine groups is 1. The van der Waals surface area contributed by atoms with Gasteiger partial charge in [-0.05, 0) is 0 Å². The number of thiazole rings is 1. The van der Waals surface area contributed by atoms with Crippen LogP contribution in [-0.2, 0) is 16.9 Å². The number of aromatic nitrogens is 1. The highest BCUT2D eigenvalue weighted by Gasteiger charge is 2.14. The predicted octanol–water partition coefficient (Wildman–Crippen LogP) is -1.61. The Bertz CT molecular complexity index is 622. The Balaban J connectivity index is 0.00000242. The fourth-order valence-electron chi connectivity index (χ4n) is 1.34. The van der Waals surface area contributed by atoms with Crippen molar-refractivity contribution < 1.29 is 9.69 Å². The third-order valence-corrected chi connectivity index (χ3v) is 4.61. The summed E-state index contributed by atoms with van der Waals surface area (Å²) in [4.78, 5) is 8.15. The van der Waals surface area contributed by atoms with E-state index in [1.807, 2.05) is 5.38 Å². The lowest BCUT2D eigenvalue weighted by Crippen LogP contribution is -2.35. The van der Waals surface area contributed by atoms with Crippen molar-refractivity contribution in [3.05, 3.63) is 11.1 Å². The van der Waals surface area contributed by atoms with E-state index in [1.54, 1.807) is 11.8 Å². The quantitative estimate of drug-likeness (QED) is 0.265. The van der Waals surface area contributed by atoms with Crippen molar-refractivity contribution in [3.63, 3.8) is 0 Å². The van der Waals surface area contributed by atoms with Crippen molar-refractivity contribution in [2.24, 2.45) is 31.0 Å². The van der Waals surface area contributed by atoms with Gasteiger partial charge in [-0.25, -0.2) is 9.19 Å². The molecule has 0 amide bonds. The van der Waals surface area contributed by atoms with E-state index in [-0.39, 0.29) is 17.3 Å². The van der Waals surface area contributed by atoms with Gasteiger partial charge in [0.15, 0.2) is 17.6 Å². The van der Waals surface area contributed by atoms with E-state index in [0.29, 0.717) is 17.5 Å². The Labute approximate surface area is 137 Å². The highest BCUT2D eigenvalue weighted by atomic mass is 32.2. The number of nitrogens with zero attached hydrogens (tertiary/aromatic N) is 4. The van der Waals surface area contributed by atoms with Crippen LogP contribution >= 0.6 is 23.1 Å². The van der Waals surface area contributed by atoms with Crippen LogP contribution in [0.5, 0.6) is 0 Å². The van der Waals surface area contributed by atoms with Crippen LogP contribution in [0, 0.1) is 0 Å². The SMILES string of the molecule is NC(N)=Nc1nc(CSCCNC2=NS(=O)N=C2N)cs1.O. The molecule has 22 heavy (non-hydrogen) atoms. The first-order valence-electron chi connectivity index (χ1n) is 5.75. The molecule has 2 rings (SSSR count). The normalized spacial score (nSPS) is 16.5. The van der Waals surface area contributed by atoms with E-state index >= 15 is 0 Å². The average molecular weight is 364 g/mol. The van der Waals surface area contributed by atoms with Crippen molar-refractivity contribution in [2.75, 3.05) is 12.3 Å². The van der Waals surface area contributed by atoms with E-state index in [2.05, 4.69) is 24.1 Å². The molecule has 1 aliphatic rings. The van der Waals surface area contributed by atoms with Crippen molar-refractivity contribution in [2.45, 2.75) is 5.75 Å². The molecule has 0 aromatic carbocycles. The summed E-state index contributed by atoms with van der Waals surface area (Å²) in [5, 5.41) is 5.45. The lowest BCUT2D eigenvalue weighted by Gasteiger charge is -2.04. The molecule has 1 atom stereocenters. The van der Waals surface area contributed by atoms with Gasteiger partial charge in [0, 0.05) is 23.4 Å². The van der Waals surface area contributed by atoms with Crippen LogP contribution in [0.15, 0.2) is 19.2 Å². The summed E-state index contributed by atoms with van der Waals surface area (Å²) < 4.78 is 18.3. The summed E-state index contributed by atoms with van der Waals surface area (Å²) in [5.41, 5.74) is 17.0. The largest absolute Gasteiger partial charge is 0.412 e. The van der Waals surface area contributed by atoms with Gasteiger partial charge in [-0.15, -0.1) is 20.1 Å². The number of thioether (sulfide) groups is 1. The number of hydrogen-bond acceptors (Lipinski definition) is 7. The third kappa shape index (κ3) is 5.59. The van der Waals surface area contributed by atoms with Crippen molar-refractivity contribution in [1.82, 2.24) is 10.3 Å². The minimum atomic E-state index is -1.58. The summed E-state index contributed by atoms with van der Waals surface area (Å²) in [6, 6.07) is 0. The molecule has 122 valence electrons. The zero-order chi connectivity index (χ0) is 15.2. The van der Waals surface area contributed by atoms with Gasteiger partial charge < -0.3 is 28.0 Å². The number of nitrogens with two attached hydrogens (primary N) is 3. The molecule has 0 saturated heterocycles. The highest BCUT2D eigenvalue weighted by molar-refractivity contribution is 7.98. The maximum absolute atomic E-state index is 11.0. The van der Waals surface area contributed by atoms with Gasteiger partial charge in [-0.1, -0.05) is 0 Å². The van der Waals surface area contributed by atoms with Crippen LogP contribution in [0.3, 0.4) is 0 Å². The highest BCUT2D eigenvalue weighted by Crippen LogP contribution is 2.21. The Kier molecular flexibility index (Phi) is 7.23. The van der Waals surface area contributed by atoms with Crippen LogP contribution in [0.4, 0.5) is 5.13 Å². The molecule has 0 bridgehead atoms. The predicted molar refractivity (Wildman–Crippen MR) is 92.6 cm³/mol. The van der Waals surface area contributed by atoms with Crippen LogP contribution in [0.2, 0.25) is 0 Å². The summed E-state index contributed by atoms with van der Waals surface area (Å²) in [6.07, 6.45) is 0. The first-order chi connectivity index (χ1) is 10.0. The number of aliphatic imine (C=N–C) groups is 1. The molecular weight excluding hydrogens is 348 g/mol. The average Bonchev–Trinajstić information content (AvgIpc) is 2.95. The minimum absolute atomic E-state index is 0. The Hall–Kier alpha value is -1.70. The molecule has 10 nitrogen and oxygen atoms in total. The number of rotatable bonds is 6. The van der Waals surface area contributed by atoms with Crippen molar-refractivity contribution in [3.8, 4) is 0 Å². The Morgan fingerprint density at radius 3 is 2.86 bits per heavy atom. The Morgan fingerprint density at radius 2 is 2.23 bits per heavy atom. The van der Waals surface area contributed by atoms with Gasteiger partial charge in [0.2, 0.25) is 5.13 Å². The zero-order valence-corrected chi connectivity index (χ0v) is 13.8. The second-order valence-electron chi connectivity index (χ2n) is 3.78. The van der Waals surface area contributed by atoms with Gasteiger partial charge in [0.25, 0.3) is 11.2 Å². The fraction of sp³-hybridized carbons (Fsp3) is 0.333. The number of hydrogen-bond donors (Lipinski definition) is 4. The molecule has 1 aromatic heterocycles. The van der Waals surface area contributed by atoms with Crippen LogP contribution < -0.4 is 22.5 Å². The van der Waals surface area contributed by atoms with E-state index < -0.39 is 11.2 Å². The number of nitrogens with one attached hydrogen (secondary N) is 1. The minimum Gasteiger partial charge on any atom is -0.412 e. The monoisotopic (exact) mass is 364 g/mol. The van der Waals surface area contributed by atoms with Gasteiger partial charge in [0.1, 0.15) is 0 Å². The van der Waals surface area contributed by atoms with Crippen molar-refractivity contribution >= 4 is 57.0 Å². The first kappa shape index (κ1) is 18.3. The first-order valence-corrected chi connectivity index (χ1v) is 8.85. The van der Waals surface area contributed by atoms with E-state index in [4.69, 9.17) is 17.2 Å². The summed E-state index contributed by atoms with van der Waals surface area (Å²) in [5.74, 6) is 2.13. The molecule has 1 unspecified atom stereocenters. The number of amidine groups is 2. The lowest BCUT2D eigenvalue weighted by atomic mass is 10.5. The zero-order valence-electron chi connectivity index (χ0n) is 11.4. The standard InChI is InChI=1S/C9H14N8OS3.H2O/c10-6-7(17-21(18)16-6)13-1-2-19-3-5-4-20-9(14-5)15-8(11)12;/h4H,1-3H2,(H2,10,16)(H,13,17)(H4,11,12,14,15);1H2. The lowest BCUT2D eigenvalue weighted by molar-refractivity contribution is 0.686. The molecule has 0 fully saturated rings. The van der Waals surface area contributed by atoms with Gasteiger partial charge in [-0.2, -0.15) is 16.8 Å². The molecule has 0 radical (unpaired) electrons. The molecule has 0 spiro atoms. The molecule has 13 heteroatoms. The maximum atomic E-state index is 11.0. The van der Waals surface area contributed by atoms with Gasteiger partial charge >= 0.3 is 0 Å². The van der Waals surface area contributed by atoms with Crippen molar-refractivity contribution in [1.29, 1.82) is 0 Å². The molecule has 0 saturated carbocycles. The summed E-state index contributed by atoms with van der Waals surface area (Å²) in [6.45, 7) is 0.641. The molecule has 2 heterocycles. The van der Waals surface area contributed by atoms with Gasteiger partial charge in [-0.3, -0.25) is 0 Å². The topological polar surface area (TPSA) is 189 Å². The van der Waals surface area contributed by atoms with E-state index in [0.717, 1.165) is 17.2 Å². The second-order valence-corrected chi connectivity index (χ2v) is 6.55. The van der Waals surface area contributed by atoms with E-state index in [9.17, 15) is 4.21 Å². The maximum Gasteiger partial charge on any atom is 0.269 e. The molecular formula is C9H16N8O2S3. The molecule has 0 aliphatic carbocycles. The fourth-order valence-corrected chi connectivity index (χ4v) is 3.51. The Morgan fingerprint density at radius 1 is 1.45 bits per heavy atom. The third-order valence-electron chi connectivity index (χ3n) is 2.14. The summed E-state index contributed by atoms with van der Waals surface area (Å²) >= 11 is 1.49. The second kappa shape index (κ2) is 8.67. The summed E-state index contributed by atoms with van der Waals surface area (Å²) in [7, 11) is 0. The smallest absolute Gasteiger partial charge is 0.269 e. The van der Waals surface area contributed by atoms with E-state index in [1.165, 1.54) is 11.3 Å². The van der Waals surface area contributed by atoms with Gasteiger partial charge in [0.05, 0.1) is 5.69 Å². The molecule has 1 aliphatic heterocycles. The molecule has 9 N–H and O–H groups in total. The van der Waals surface area contributed by atoms with Crippen LogP contribution in [-0.4, -0.2) is 44.6 Å². The van der Waals surface area contributed by atoms with Crippen LogP contribution in [0.25, 0.3) is 0 Å². The molecule has 1 aromatic rings. The van der Waals surface area contributed by atoms with Crippen LogP contribution in [0.1, 0.15) is 5.69 Å².